The highest BCUT2D eigenvalue weighted by Crippen LogP contribution is 2.62. The Bertz CT molecular complexity index is 1800. The molecule has 1 aliphatic carbocycles. The number of hydrogen-bond acceptors (Lipinski definition) is 4. The van der Waals surface area contributed by atoms with E-state index in [1.807, 2.05) is 97.1 Å². The van der Waals surface area contributed by atoms with Gasteiger partial charge in [0.2, 0.25) is 5.91 Å². The third-order valence-electron chi connectivity index (χ3n) is 7.97. The van der Waals surface area contributed by atoms with Crippen LogP contribution < -0.4 is 14.4 Å². The zero-order chi connectivity index (χ0) is 27.4. The summed E-state index contributed by atoms with van der Waals surface area (Å²) in [5.74, 6) is 1.14. The highest BCUT2D eigenvalue weighted by atomic mass is 35.5. The molecule has 0 aromatic heterocycles. The van der Waals surface area contributed by atoms with Gasteiger partial charge in [0.15, 0.2) is 0 Å². The first kappa shape index (κ1) is 24.3. The second kappa shape index (κ2) is 9.15. The summed E-state index contributed by atoms with van der Waals surface area (Å²) in [5.41, 5.74) is 4.71. The van der Waals surface area contributed by atoms with Crippen molar-refractivity contribution in [3.63, 3.8) is 0 Å². The van der Waals surface area contributed by atoms with E-state index < -0.39 is 11.5 Å². The third-order valence-corrected chi connectivity index (χ3v) is 8.21. The van der Waals surface area contributed by atoms with Crippen LogP contribution in [0.25, 0.3) is 5.57 Å². The smallest absolute Gasteiger partial charge is 0.247 e. The number of rotatable bonds is 4. The van der Waals surface area contributed by atoms with Gasteiger partial charge in [0.05, 0.1) is 25.3 Å². The predicted octanol–water partition coefficient (Wildman–Crippen LogP) is 7.18. The van der Waals surface area contributed by atoms with Crippen molar-refractivity contribution in [3.8, 4) is 17.6 Å². The number of nitriles is 1. The molecule has 6 heteroatoms. The molecule has 2 unspecified atom stereocenters. The highest BCUT2D eigenvalue weighted by Gasteiger charge is 2.61. The molecule has 0 N–H and O–H groups in total. The molecule has 2 atom stereocenters. The van der Waals surface area contributed by atoms with Crippen LogP contribution in [0.4, 0.5) is 5.69 Å². The third kappa shape index (κ3) is 3.36. The predicted molar refractivity (Wildman–Crippen MR) is 154 cm³/mol. The lowest BCUT2D eigenvalue weighted by atomic mass is 9.69. The highest BCUT2D eigenvalue weighted by molar-refractivity contribution is 6.31. The molecule has 194 valence electrons. The summed E-state index contributed by atoms with van der Waals surface area (Å²) in [6, 6.07) is 33.2. The average molecular weight is 543 g/mol. The zero-order valence-corrected chi connectivity index (χ0v) is 22.4. The Morgan fingerprint density at radius 3 is 2.60 bits per heavy atom. The lowest BCUT2D eigenvalue weighted by Gasteiger charge is -2.35. The van der Waals surface area contributed by atoms with E-state index in [0.29, 0.717) is 34.2 Å². The Labute approximate surface area is 237 Å². The molecule has 5 nitrogen and oxygen atoms in total. The number of carbonyl (C=O) groups is 1. The molecule has 2 aliphatic heterocycles. The van der Waals surface area contributed by atoms with Crippen LogP contribution >= 0.6 is 11.6 Å². The van der Waals surface area contributed by atoms with Crippen molar-refractivity contribution < 1.29 is 14.3 Å². The van der Waals surface area contributed by atoms with Crippen molar-refractivity contribution in [1.82, 2.24) is 0 Å². The van der Waals surface area contributed by atoms with Gasteiger partial charge in [-0.15, -0.1) is 0 Å². The summed E-state index contributed by atoms with van der Waals surface area (Å²) in [5, 5.41) is 11.1. The normalized spacial score (nSPS) is 20.4. The molecule has 4 aromatic carbocycles. The first-order chi connectivity index (χ1) is 19.6. The Kier molecular flexibility index (Phi) is 5.55. The van der Waals surface area contributed by atoms with Crippen LogP contribution in [0.1, 0.15) is 28.4 Å². The monoisotopic (exact) mass is 542 g/mol. The van der Waals surface area contributed by atoms with Crippen molar-refractivity contribution in [2.45, 2.75) is 18.1 Å². The van der Waals surface area contributed by atoms with Gasteiger partial charge in [0, 0.05) is 33.0 Å². The number of ether oxygens (including phenoxy) is 2. The lowest BCUT2D eigenvalue weighted by molar-refractivity contribution is -0.120. The van der Waals surface area contributed by atoms with E-state index in [1.165, 1.54) is 0 Å². The fourth-order valence-electron chi connectivity index (χ4n) is 6.29. The van der Waals surface area contributed by atoms with Gasteiger partial charge in [-0.2, -0.15) is 5.26 Å². The van der Waals surface area contributed by atoms with Crippen LogP contribution in [0.2, 0.25) is 5.02 Å². The van der Waals surface area contributed by atoms with Crippen molar-refractivity contribution in [2.24, 2.45) is 0 Å². The van der Waals surface area contributed by atoms with E-state index in [1.54, 1.807) is 18.1 Å². The van der Waals surface area contributed by atoms with Gasteiger partial charge in [0.25, 0.3) is 0 Å². The zero-order valence-electron chi connectivity index (χ0n) is 21.6. The van der Waals surface area contributed by atoms with Crippen LogP contribution in [0.15, 0.2) is 114 Å². The fourth-order valence-corrected chi connectivity index (χ4v) is 6.46. The van der Waals surface area contributed by atoms with Crippen molar-refractivity contribution in [1.29, 1.82) is 5.26 Å². The molecule has 0 saturated heterocycles. The number of hydrogen-bond donors (Lipinski definition) is 0. The number of anilines is 1. The van der Waals surface area contributed by atoms with Gasteiger partial charge in [-0.3, -0.25) is 4.79 Å². The van der Waals surface area contributed by atoms with Crippen LogP contribution in [0.3, 0.4) is 0 Å². The Morgan fingerprint density at radius 2 is 1.80 bits per heavy atom. The van der Waals surface area contributed by atoms with Crippen molar-refractivity contribution in [2.75, 3.05) is 12.0 Å². The van der Waals surface area contributed by atoms with Gasteiger partial charge in [-0.05, 0) is 53.6 Å². The summed E-state index contributed by atoms with van der Waals surface area (Å²) in [6.07, 6.45) is 1.29. The number of benzene rings is 4. The molecule has 0 radical (unpaired) electrons. The van der Waals surface area contributed by atoms with Crippen LogP contribution in [-0.2, 0) is 16.8 Å². The quantitative estimate of drug-likeness (QED) is 0.274. The number of amides is 1. The molecule has 1 amide bonds. The molecule has 0 saturated carbocycles. The van der Waals surface area contributed by atoms with Gasteiger partial charge in [-0.25, -0.2) is 0 Å². The number of methoxy groups -OCH3 is 1. The minimum absolute atomic E-state index is 0.160. The maximum atomic E-state index is 14.9. The molecule has 3 aliphatic rings. The van der Waals surface area contributed by atoms with Gasteiger partial charge >= 0.3 is 0 Å². The first-order valence-corrected chi connectivity index (χ1v) is 13.4. The van der Waals surface area contributed by atoms with Gasteiger partial charge < -0.3 is 14.4 Å². The minimum Gasteiger partial charge on any atom is -0.497 e. The SMILES string of the molecule is COc1cccc(C2Oc3ccc(Cl)cc3C3=C2C=C(C#N)C32C(=O)N(Cc3ccccc3)c3ccccc32)c1. The fraction of sp³-hybridized carbons (Fsp3) is 0.118. The lowest BCUT2D eigenvalue weighted by Crippen LogP contribution is -2.42. The van der Waals surface area contributed by atoms with Crippen molar-refractivity contribution in [3.05, 3.63) is 142 Å². The average Bonchev–Trinajstić information content (AvgIpc) is 3.47. The second-order valence-electron chi connectivity index (χ2n) is 10.1. The largest absolute Gasteiger partial charge is 0.497 e. The van der Waals surface area contributed by atoms with Crippen molar-refractivity contribution >= 4 is 28.8 Å². The van der Waals surface area contributed by atoms with Gasteiger partial charge in [-0.1, -0.05) is 72.3 Å². The minimum atomic E-state index is -1.32. The second-order valence-corrected chi connectivity index (χ2v) is 10.5. The van der Waals surface area contributed by atoms with E-state index in [-0.39, 0.29) is 5.91 Å². The molecule has 40 heavy (non-hydrogen) atoms. The van der Waals surface area contributed by atoms with Crippen LogP contribution in [0, 0.1) is 11.3 Å². The molecular formula is C34H23ClN2O3. The summed E-state index contributed by atoms with van der Waals surface area (Å²) in [4.78, 5) is 16.7. The van der Waals surface area contributed by atoms with Gasteiger partial charge in [0.1, 0.15) is 23.0 Å². The maximum Gasteiger partial charge on any atom is 0.247 e. The van der Waals surface area contributed by atoms with E-state index >= 15 is 0 Å². The maximum absolute atomic E-state index is 14.9. The number of fused-ring (bicyclic) bond motifs is 5. The van der Waals surface area contributed by atoms with E-state index in [2.05, 4.69) is 6.07 Å². The Morgan fingerprint density at radius 1 is 1.00 bits per heavy atom. The molecule has 0 fully saturated rings. The molecule has 2 heterocycles. The molecule has 1 spiro atoms. The first-order valence-electron chi connectivity index (χ1n) is 13.0. The number of para-hydroxylation sites is 1. The van der Waals surface area contributed by atoms with E-state index in [9.17, 15) is 10.1 Å². The summed E-state index contributed by atoms with van der Waals surface area (Å²) in [7, 11) is 1.62. The molecular weight excluding hydrogens is 520 g/mol. The summed E-state index contributed by atoms with van der Waals surface area (Å²) in [6.45, 7) is 0.387. The number of carbonyl (C=O) groups excluding carboxylic acids is 1. The Balaban J connectivity index is 1.50. The molecule has 0 bridgehead atoms. The topological polar surface area (TPSA) is 62.6 Å². The van der Waals surface area contributed by atoms with E-state index in [4.69, 9.17) is 21.1 Å². The van der Waals surface area contributed by atoms with Crippen LogP contribution in [-0.4, -0.2) is 13.0 Å². The van der Waals surface area contributed by atoms with Crippen LogP contribution in [0.5, 0.6) is 11.5 Å². The Hall–Kier alpha value is -4.79. The standard InChI is InChI=1S/C34H23ClN2O3/c1-39-25-11-7-10-22(16-25)32-27-17-23(19-36)34(31(27)26-18-24(35)14-15-30(26)40-32)28-12-5-6-13-29(28)37(33(34)38)20-21-8-3-2-4-9-21/h2-18,32H,20H2,1H3. The number of halogens is 1. The summed E-state index contributed by atoms with van der Waals surface area (Å²) >= 11 is 6.53. The molecule has 4 aromatic rings. The summed E-state index contributed by atoms with van der Waals surface area (Å²) < 4.78 is 12.1. The van der Waals surface area contributed by atoms with E-state index in [0.717, 1.165) is 33.5 Å². The number of nitrogens with zero attached hydrogens (tertiary/aromatic N) is 2. The molecule has 7 rings (SSSR count).